The van der Waals surface area contributed by atoms with Crippen LogP contribution in [0.25, 0.3) is 0 Å². The summed E-state index contributed by atoms with van der Waals surface area (Å²) in [4.78, 5) is 22.2. The largest absolute Gasteiger partial charge is 0.472 e. The molecule has 1 amide bonds. The number of nitrogens with zero attached hydrogens (tertiary/aromatic N) is 3. The van der Waals surface area contributed by atoms with E-state index in [2.05, 4.69) is 9.97 Å². The van der Waals surface area contributed by atoms with E-state index in [1.807, 2.05) is 0 Å². The highest BCUT2D eigenvalue weighted by Gasteiger charge is 2.50. The molecule has 0 bridgehead atoms. The second kappa shape index (κ2) is 5.66. The van der Waals surface area contributed by atoms with Crippen LogP contribution in [-0.4, -0.2) is 52.2 Å². The number of furan rings is 1. The van der Waals surface area contributed by atoms with E-state index in [1.165, 1.54) is 12.5 Å². The topological polar surface area (TPSA) is 77.7 Å². The van der Waals surface area contributed by atoms with Crippen LogP contribution >= 0.6 is 0 Å². The van der Waals surface area contributed by atoms with Gasteiger partial charge in [0, 0.05) is 25.2 Å². The summed E-state index contributed by atoms with van der Waals surface area (Å²) in [5.74, 6) is -0.0255. The van der Waals surface area contributed by atoms with Gasteiger partial charge in [-0.1, -0.05) is 0 Å². The van der Waals surface area contributed by atoms with Crippen molar-refractivity contribution in [1.29, 1.82) is 0 Å². The van der Waals surface area contributed by atoms with Crippen LogP contribution in [0, 0.1) is 0 Å². The number of rotatable bonds is 3. The van der Waals surface area contributed by atoms with Crippen molar-refractivity contribution in [2.45, 2.75) is 24.5 Å². The molecule has 0 N–H and O–H groups in total. The summed E-state index contributed by atoms with van der Waals surface area (Å²) in [5, 5.41) is 0. The minimum Gasteiger partial charge on any atom is -0.472 e. The first-order chi connectivity index (χ1) is 11.2. The van der Waals surface area contributed by atoms with Crippen LogP contribution in [0.4, 0.5) is 0 Å². The molecule has 0 unspecified atom stereocenters. The van der Waals surface area contributed by atoms with Crippen LogP contribution in [0.3, 0.4) is 0 Å². The fraction of sp³-hybridized carbons (Fsp3) is 0.438. The first kappa shape index (κ1) is 14.2. The lowest BCUT2D eigenvalue weighted by atomic mass is 9.84. The van der Waals surface area contributed by atoms with Gasteiger partial charge in [-0.3, -0.25) is 4.79 Å². The quantitative estimate of drug-likeness (QED) is 0.854. The van der Waals surface area contributed by atoms with Crippen LogP contribution in [0.2, 0.25) is 0 Å². The Hall–Kier alpha value is -2.41. The van der Waals surface area contributed by atoms with Crippen LogP contribution in [-0.2, 0) is 4.74 Å². The normalized spacial score (nSPS) is 22.6. The zero-order valence-corrected chi connectivity index (χ0v) is 12.6. The van der Waals surface area contributed by atoms with Crippen molar-refractivity contribution in [3.8, 4) is 6.01 Å². The van der Waals surface area contributed by atoms with Crippen molar-refractivity contribution < 1.29 is 18.7 Å². The molecule has 0 saturated carbocycles. The van der Waals surface area contributed by atoms with Crippen LogP contribution in [0.1, 0.15) is 23.2 Å². The summed E-state index contributed by atoms with van der Waals surface area (Å²) in [5.41, 5.74) is 0.262. The van der Waals surface area contributed by atoms with Gasteiger partial charge in [-0.2, -0.15) is 0 Å². The van der Waals surface area contributed by atoms with Gasteiger partial charge >= 0.3 is 6.01 Å². The van der Waals surface area contributed by atoms with Gasteiger partial charge in [0.2, 0.25) is 0 Å². The third-order valence-corrected chi connectivity index (χ3v) is 4.28. The summed E-state index contributed by atoms with van der Waals surface area (Å²) in [6, 6.07) is 3.82. The van der Waals surface area contributed by atoms with Crippen molar-refractivity contribution >= 4 is 5.91 Å². The zero-order valence-electron chi connectivity index (χ0n) is 12.6. The molecule has 0 aromatic carbocycles. The maximum Gasteiger partial charge on any atom is 0.316 e. The lowest BCUT2D eigenvalue weighted by Crippen LogP contribution is -2.67. The summed E-state index contributed by atoms with van der Waals surface area (Å²) in [7, 11) is 0. The third kappa shape index (κ3) is 2.79. The second-order valence-electron chi connectivity index (χ2n) is 5.97. The van der Waals surface area contributed by atoms with Crippen LogP contribution in [0.5, 0.6) is 6.01 Å². The Balaban J connectivity index is 1.36. The Morgan fingerprint density at radius 1 is 1.35 bits per heavy atom. The summed E-state index contributed by atoms with van der Waals surface area (Å²) in [6.45, 7) is 1.77. The van der Waals surface area contributed by atoms with Gasteiger partial charge in [0.25, 0.3) is 5.91 Å². The second-order valence-corrected chi connectivity index (χ2v) is 5.97. The highest BCUT2D eigenvalue weighted by Crippen LogP contribution is 2.36. The maximum absolute atomic E-state index is 12.2. The minimum atomic E-state index is -0.308. The van der Waals surface area contributed by atoms with Gasteiger partial charge in [-0.15, -0.1) is 0 Å². The highest BCUT2D eigenvalue weighted by atomic mass is 16.5. The van der Waals surface area contributed by atoms with E-state index in [1.54, 1.807) is 29.4 Å². The molecule has 2 saturated heterocycles. The molecular formula is C16H17N3O4. The molecule has 2 aliphatic heterocycles. The number of carbonyl (C=O) groups excluding carboxylic acids is 1. The van der Waals surface area contributed by atoms with Crippen LogP contribution in [0.15, 0.2) is 41.5 Å². The van der Waals surface area contributed by atoms with Gasteiger partial charge in [0.1, 0.15) is 18.0 Å². The number of hydrogen-bond donors (Lipinski definition) is 0. The zero-order chi connectivity index (χ0) is 15.7. The monoisotopic (exact) mass is 315 g/mol. The Morgan fingerprint density at radius 3 is 2.91 bits per heavy atom. The van der Waals surface area contributed by atoms with E-state index in [0.717, 1.165) is 12.8 Å². The van der Waals surface area contributed by atoms with Crippen molar-refractivity contribution in [3.05, 3.63) is 42.6 Å². The van der Waals surface area contributed by atoms with Crippen LogP contribution < -0.4 is 4.74 Å². The Morgan fingerprint density at radius 2 is 2.17 bits per heavy atom. The molecule has 120 valence electrons. The number of aromatic nitrogens is 2. The Labute approximate surface area is 133 Å². The fourth-order valence-corrected chi connectivity index (χ4v) is 3.16. The Bertz CT molecular complexity index is 668. The molecule has 1 spiro atoms. The Kier molecular flexibility index (Phi) is 3.49. The molecule has 2 aromatic heterocycles. The first-order valence-corrected chi connectivity index (χ1v) is 7.63. The van der Waals surface area contributed by atoms with Gasteiger partial charge in [0.15, 0.2) is 0 Å². The van der Waals surface area contributed by atoms with Crippen molar-refractivity contribution in [3.63, 3.8) is 0 Å². The van der Waals surface area contributed by atoms with Gasteiger partial charge in [0.05, 0.1) is 31.5 Å². The molecule has 1 atom stereocenters. The molecule has 4 heterocycles. The number of amides is 1. The lowest BCUT2D eigenvalue weighted by Gasteiger charge is -2.52. The van der Waals surface area contributed by atoms with Gasteiger partial charge in [-0.25, -0.2) is 9.97 Å². The maximum atomic E-state index is 12.2. The lowest BCUT2D eigenvalue weighted by molar-refractivity contribution is -0.174. The molecule has 0 aliphatic carbocycles. The molecule has 23 heavy (non-hydrogen) atoms. The molecule has 2 fully saturated rings. The van der Waals surface area contributed by atoms with Crippen molar-refractivity contribution in [2.24, 2.45) is 0 Å². The molecule has 2 aliphatic rings. The smallest absolute Gasteiger partial charge is 0.316 e. The average Bonchev–Trinajstić information content (AvgIpc) is 3.07. The molecular weight excluding hydrogens is 298 g/mol. The van der Waals surface area contributed by atoms with E-state index in [0.29, 0.717) is 31.3 Å². The van der Waals surface area contributed by atoms with E-state index < -0.39 is 0 Å². The van der Waals surface area contributed by atoms with E-state index in [9.17, 15) is 4.79 Å². The third-order valence-electron chi connectivity index (χ3n) is 4.28. The number of likely N-dealkylation sites (tertiary alicyclic amines) is 1. The average molecular weight is 315 g/mol. The minimum absolute atomic E-state index is 0.0114. The summed E-state index contributed by atoms with van der Waals surface area (Å²) < 4.78 is 16.7. The standard InChI is InChI=1S/C16H17N3O4/c20-14(12-2-6-21-9-12)19-10-16(11-19)8-13(3-7-22-16)23-15-17-4-1-5-18-15/h1-2,4-6,9,13H,3,7-8,10-11H2/t13-/m0/s1. The van der Waals surface area contributed by atoms with Crippen molar-refractivity contribution in [1.82, 2.24) is 14.9 Å². The highest BCUT2D eigenvalue weighted by molar-refractivity contribution is 5.94. The summed E-state index contributed by atoms with van der Waals surface area (Å²) in [6.07, 6.45) is 7.84. The van der Waals surface area contributed by atoms with E-state index in [4.69, 9.17) is 13.9 Å². The molecule has 4 rings (SSSR count). The van der Waals surface area contributed by atoms with Crippen molar-refractivity contribution in [2.75, 3.05) is 19.7 Å². The molecule has 7 heteroatoms. The SMILES string of the molecule is O=C(c1ccoc1)N1CC2(C[C@@H](Oc3ncccn3)CCO2)C1. The summed E-state index contributed by atoms with van der Waals surface area (Å²) >= 11 is 0. The fourth-order valence-electron chi connectivity index (χ4n) is 3.16. The number of hydrogen-bond acceptors (Lipinski definition) is 6. The van der Waals surface area contributed by atoms with Gasteiger partial charge < -0.3 is 18.8 Å². The van der Waals surface area contributed by atoms with E-state index in [-0.39, 0.29) is 17.6 Å². The number of carbonyl (C=O) groups is 1. The number of ether oxygens (including phenoxy) is 2. The molecule has 2 aromatic rings. The first-order valence-electron chi connectivity index (χ1n) is 7.63. The van der Waals surface area contributed by atoms with E-state index >= 15 is 0 Å². The molecule has 0 radical (unpaired) electrons. The predicted octanol–water partition coefficient (Wildman–Crippen LogP) is 1.52. The molecule has 7 nitrogen and oxygen atoms in total. The van der Waals surface area contributed by atoms with Gasteiger partial charge in [-0.05, 0) is 12.1 Å². The predicted molar refractivity (Wildman–Crippen MR) is 79.0 cm³/mol.